The standard InChI is InChI=1S/C16H20N2OS/c1-2-19-16-8-13(17)7-15(9-16)18(14-3-4-14)10-12-5-6-20-11-12/h5-9,11,14H,2-4,10,17H2,1H3. The van der Waals surface area contributed by atoms with Crippen LogP contribution in [0.5, 0.6) is 5.75 Å². The molecule has 2 N–H and O–H groups in total. The van der Waals surface area contributed by atoms with Gasteiger partial charge in [0.05, 0.1) is 6.61 Å². The highest BCUT2D eigenvalue weighted by Crippen LogP contribution is 2.36. The Hall–Kier alpha value is -1.68. The van der Waals surface area contributed by atoms with Gasteiger partial charge in [-0.15, -0.1) is 0 Å². The third kappa shape index (κ3) is 3.07. The van der Waals surface area contributed by atoms with Crippen molar-refractivity contribution in [2.75, 3.05) is 17.2 Å². The van der Waals surface area contributed by atoms with E-state index in [4.69, 9.17) is 10.5 Å². The molecule has 3 nitrogen and oxygen atoms in total. The molecule has 0 aliphatic heterocycles. The zero-order valence-corrected chi connectivity index (χ0v) is 12.5. The van der Waals surface area contributed by atoms with Crippen LogP contribution < -0.4 is 15.4 Å². The van der Waals surface area contributed by atoms with Gasteiger partial charge in [0.2, 0.25) is 0 Å². The first-order valence-corrected chi connectivity index (χ1v) is 8.01. The molecule has 1 aromatic heterocycles. The van der Waals surface area contributed by atoms with E-state index in [1.54, 1.807) is 11.3 Å². The molecule has 1 aliphatic rings. The van der Waals surface area contributed by atoms with Crippen molar-refractivity contribution in [3.8, 4) is 5.75 Å². The Labute approximate surface area is 124 Å². The van der Waals surface area contributed by atoms with Crippen molar-refractivity contribution < 1.29 is 4.74 Å². The first kappa shape index (κ1) is 13.3. The van der Waals surface area contributed by atoms with Crippen LogP contribution in [0.3, 0.4) is 0 Å². The molecule has 3 rings (SSSR count). The molecule has 1 fully saturated rings. The highest BCUT2D eigenvalue weighted by Gasteiger charge is 2.29. The molecule has 0 atom stereocenters. The molecule has 1 saturated carbocycles. The lowest BCUT2D eigenvalue weighted by Gasteiger charge is -2.25. The average Bonchev–Trinajstić information content (AvgIpc) is 3.12. The third-order valence-corrected chi connectivity index (χ3v) is 4.21. The number of benzene rings is 1. The number of nitrogen functional groups attached to an aromatic ring is 1. The lowest BCUT2D eigenvalue weighted by atomic mass is 10.2. The fourth-order valence-electron chi connectivity index (χ4n) is 2.42. The van der Waals surface area contributed by atoms with Gasteiger partial charge in [-0.25, -0.2) is 0 Å². The van der Waals surface area contributed by atoms with Crippen LogP contribution >= 0.6 is 11.3 Å². The Kier molecular flexibility index (Phi) is 3.83. The van der Waals surface area contributed by atoms with E-state index in [0.29, 0.717) is 12.6 Å². The molecule has 0 radical (unpaired) electrons. The normalized spacial score (nSPS) is 14.2. The number of hydrogen-bond donors (Lipinski definition) is 1. The lowest BCUT2D eigenvalue weighted by Crippen LogP contribution is -2.24. The Bertz CT molecular complexity index is 564. The third-order valence-electron chi connectivity index (χ3n) is 3.48. The Morgan fingerprint density at radius 1 is 1.35 bits per heavy atom. The summed E-state index contributed by atoms with van der Waals surface area (Å²) < 4.78 is 5.61. The van der Waals surface area contributed by atoms with E-state index in [1.807, 2.05) is 19.1 Å². The van der Waals surface area contributed by atoms with E-state index in [2.05, 4.69) is 27.8 Å². The summed E-state index contributed by atoms with van der Waals surface area (Å²) >= 11 is 1.75. The number of anilines is 2. The summed E-state index contributed by atoms with van der Waals surface area (Å²) in [5, 5.41) is 4.34. The molecule has 4 heteroatoms. The number of hydrogen-bond acceptors (Lipinski definition) is 4. The maximum absolute atomic E-state index is 6.02. The van der Waals surface area contributed by atoms with E-state index in [0.717, 1.165) is 18.0 Å². The van der Waals surface area contributed by atoms with E-state index < -0.39 is 0 Å². The van der Waals surface area contributed by atoms with Gasteiger partial charge in [0.1, 0.15) is 5.75 Å². The van der Waals surface area contributed by atoms with Crippen molar-refractivity contribution in [1.82, 2.24) is 0 Å². The van der Waals surface area contributed by atoms with Gasteiger partial charge in [0.15, 0.2) is 0 Å². The first-order chi connectivity index (χ1) is 9.76. The van der Waals surface area contributed by atoms with Crippen molar-refractivity contribution in [3.05, 3.63) is 40.6 Å². The molecule has 1 heterocycles. The number of rotatable bonds is 6. The van der Waals surface area contributed by atoms with Crippen LogP contribution in [-0.2, 0) is 6.54 Å². The minimum atomic E-state index is 0.645. The van der Waals surface area contributed by atoms with Gasteiger partial charge in [-0.3, -0.25) is 0 Å². The highest BCUT2D eigenvalue weighted by molar-refractivity contribution is 7.07. The second kappa shape index (κ2) is 5.75. The van der Waals surface area contributed by atoms with Crippen LogP contribution in [0.15, 0.2) is 35.0 Å². The predicted octanol–water partition coefficient (Wildman–Crippen LogP) is 3.90. The summed E-state index contributed by atoms with van der Waals surface area (Å²) in [6.07, 6.45) is 2.53. The predicted molar refractivity (Wildman–Crippen MR) is 85.5 cm³/mol. The molecule has 0 bridgehead atoms. The molecule has 106 valence electrons. The highest BCUT2D eigenvalue weighted by atomic mass is 32.1. The zero-order valence-electron chi connectivity index (χ0n) is 11.7. The van der Waals surface area contributed by atoms with Crippen LogP contribution in [0.25, 0.3) is 0 Å². The largest absolute Gasteiger partial charge is 0.494 e. The molecule has 0 unspecified atom stereocenters. The van der Waals surface area contributed by atoms with E-state index in [9.17, 15) is 0 Å². The minimum Gasteiger partial charge on any atom is -0.494 e. The van der Waals surface area contributed by atoms with Crippen LogP contribution in [0, 0.1) is 0 Å². The van der Waals surface area contributed by atoms with Gasteiger partial charge < -0.3 is 15.4 Å². The molecular weight excluding hydrogens is 268 g/mol. The Morgan fingerprint density at radius 3 is 2.85 bits per heavy atom. The number of nitrogens with two attached hydrogens (primary N) is 1. The van der Waals surface area contributed by atoms with Crippen molar-refractivity contribution >= 4 is 22.7 Å². The molecule has 20 heavy (non-hydrogen) atoms. The summed E-state index contributed by atoms with van der Waals surface area (Å²) in [6, 6.07) is 8.88. The zero-order chi connectivity index (χ0) is 13.9. The Balaban J connectivity index is 1.86. The maximum Gasteiger partial charge on any atom is 0.123 e. The number of ether oxygens (including phenoxy) is 1. The first-order valence-electron chi connectivity index (χ1n) is 7.07. The van der Waals surface area contributed by atoms with Gasteiger partial charge >= 0.3 is 0 Å². The molecule has 1 aliphatic carbocycles. The van der Waals surface area contributed by atoms with Gasteiger partial charge in [-0.1, -0.05) is 0 Å². The summed E-state index contributed by atoms with van der Waals surface area (Å²) in [7, 11) is 0. The van der Waals surface area contributed by atoms with Crippen LogP contribution in [0.1, 0.15) is 25.3 Å². The van der Waals surface area contributed by atoms with Gasteiger partial charge in [-0.2, -0.15) is 11.3 Å². The number of nitrogens with zero attached hydrogens (tertiary/aromatic N) is 1. The average molecular weight is 288 g/mol. The van der Waals surface area contributed by atoms with Crippen molar-refractivity contribution in [3.63, 3.8) is 0 Å². The second-order valence-electron chi connectivity index (χ2n) is 5.18. The van der Waals surface area contributed by atoms with Crippen molar-refractivity contribution in [1.29, 1.82) is 0 Å². The van der Waals surface area contributed by atoms with Crippen LogP contribution in [0.4, 0.5) is 11.4 Å². The molecule has 0 saturated heterocycles. The van der Waals surface area contributed by atoms with Crippen LogP contribution in [0.2, 0.25) is 0 Å². The summed E-state index contributed by atoms with van der Waals surface area (Å²) in [5.74, 6) is 0.860. The van der Waals surface area contributed by atoms with E-state index in [1.165, 1.54) is 24.1 Å². The molecular formula is C16H20N2OS. The Morgan fingerprint density at radius 2 is 2.20 bits per heavy atom. The molecule has 0 spiro atoms. The topological polar surface area (TPSA) is 38.5 Å². The maximum atomic E-state index is 6.02. The summed E-state index contributed by atoms with van der Waals surface area (Å²) in [4.78, 5) is 2.45. The fraction of sp³-hybridized carbons (Fsp3) is 0.375. The van der Waals surface area contributed by atoms with E-state index >= 15 is 0 Å². The SMILES string of the molecule is CCOc1cc(N)cc(N(Cc2ccsc2)C2CC2)c1. The molecule has 2 aromatic rings. The summed E-state index contributed by atoms with van der Waals surface area (Å²) in [6.45, 7) is 3.60. The van der Waals surface area contributed by atoms with E-state index in [-0.39, 0.29) is 0 Å². The summed E-state index contributed by atoms with van der Waals surface area (Å²) in [5.41, 5.74) is 9.31. The lowest BCUT2D eigenvalue weighted by molar-refractivity contribution is 0.340. The monoisotopic (exact) mass is 288 g/mol. The smallest absolute Gasteiger partial charge is 0.123 e. The molecule has 0 amide bonds. The molecule has 1 aromatic carbocycles. The van der Waals surface area contributed by atoms with Gasteiger partial charge in [-0.05, 0) is 48.2 Å². The second-order valence-corrected chi connectivity index (χ2v) is 5.96. The van der Waals surface area contributed by atoms with Crippen LogP contribution in [-0.4, -0.2) is 12.6 Å². The quantitative estimate of drug-likeness (QED) is 0.819. The minimum absolute atomic E-state index is 0.645. The van der Waals surface area contributed by atoms with Crippen molar-refractivity contribution in [2.45, 2.75) is 32.4 Å². The van der Waals surface area contributed by atoms with Gasteiger partial charge in [0.25, 0.3) is 0 Å². The number of thiophene rings is 1. The fourth-order valence-corrected chi connectivity index (χ4v) is 3.08. The van der Waals surface area contributed by atoms with Crippen molar-refractivity contribution in [2.24, 2.45) is 0 Å². The van der Waals surface area contributed by atoms with Gasteiger partial charge in [0, 0.05) is 36.1 Å².